The third-order valence-electron chi connectivity index (χ3n) is 6.07. The van der Waals surface area contributed by atoms with Crippen LogP contribution in [0.2, 0.25) is 0 Å². The number of ether oxygens (including phenoxy) is 3. The summed E-state index contributed by atoms with van der Waals surface area (Å²) >= 11 is 0. The molecule has 7 atom stereocenters. The molecule has 11 heteroatoms. The van der Waals surface area contributed by atoms with Crippen molar-refractivity contribution in [3.8, 4) is 0 Å². The normalized spacial score (nSPS) is 39.9. The van der Waals surface area contributed by atoms with Crippen LogP contribution in [0.5, 0.6) is 0 Å². The van der Waals surface area contributed by atoms with E-state index in [-0.39, 0.29) is 19.1 Å². The highest BCUT2D eigenvalue weighted by Gasteiger charge is 2.56. The zero-order valence-corrected chi connectivity index (χ0v) is 18.4. The highest BCUT2D eigenvalue weighted by atomic mass is 16.6. The molecule has 2 heterocycles. The molecule has 6 N–H and O–H groups in total. The number of amides is 1. The van der Waals surface area contributed by atoms with Gasteiger partial charge in [0.1, 0.15) is 12.2 Å². The van der Waals surface area contributed by atoms with Gasteiger partial charge in [0.2, 0.25) is 11.7 Å². The van der Waals surface area contributed by atoms with Gasteiger partial charge in [-0.05, 0) is 26.8 Å². The van der Waals surface area contributed by atoms with Crippen LogP contribution in [0.15, 0.2) is 11.8 Å². The minimum absolute atomic E-state index is 0.181. The van der Waals surface area contributed by atoms with Crippen LogP contribution >= 0.6 is 0 Å². The van der Waals surface area contributed by atoms with E-state index in [0.29, 0.717) is 0 Å². The van der Waals surface area contributed by atoms with E-state index in [9.17, 15) is 30.0 Å². The van der Waals surface area contributed by atoms with Gasteiger partial charge in [0.25, 0.3) is 0 Å². The second-order valence-corrected chi connectivity index (χ2v) is 9.20. The van der Waals surface area contributed by atoms with Crippen molar-refractivity contribution in [3.05, 3.63) is 11.8 Å². The van der Waals surface area contributed by atoms with Gasteiger partial charge in [-0.15, -0.1) is 0 Å². The van der Waals surface area contributed by atoms with E-state index in [0.717, 1.165) is 6.08 Å². The summed E-state index contributed by atoms with van der Waals surface area (Å²) in [6.45, 7) is 6.78. The fourth-order valence-corrected chi connectivity index (χ4v) is 4.08. The molecule has 0 bridgehead atoms. The molecule has 0 saturated carbocycles. The molecule has 31 heavy (non-hydrogen) atoms. The van der Waals surface area contributed by atoms with Gasteiger partial charge >= 0.3 is 5.97 Å². The summed E-state index contributed by atoms with van der Waals surface area (Å²) in [4.78, 5) is 22.9. The standard InChI is InChI=1S/C20H33NO10/c1-10(23)21-14-16(26)19(4,13(7-22)31-18(14,2)3)8-29-9-20(5)15(25)11(24)6-12(30-20)17(27)28/h6,11,13-16,22,24-26H,7-9H2,1-5H3,(H,21,23)(H,27,28)/t11-,13?,14?,15?,16+,19-,20-/m1/s1. The van der Waals surface area contributed by atoms with Crippen molar-refractivity contribution in [2.75, 3.05) is 19.8 Å². The first-order chi connectivity index (χ1) is 14.2. The first-order valence-corrected chi connectivity index (χ1v) is 10.00. The van der Waals surface area contributed by atoms with Crippen molar-refractivity contribution in [1.29, 1.82) is 0 Å². The molecule has 2 aliphatic heterocycles. The molecule has 178 valence electrons. The summed E-state index contributed by atoms with van der Waals surface area (Å²) in [6.07, 6.45) is -4.04. The number of aliphatic hydroxyl groups is 4. The van der Waals surface area contributed by atoms with Crippen LogP contribution in [-0.2, 0) is 23.8 Å². The molecule has 1 saturated heterocycles. The number of carbonyl (C=O) groups excluding carboxylic acids is 1. The maximum absolute atomic E-state index is 11.6. The third kappa shape index (κ3) is 5.02. The summed E-state index contributed by atoms with van der Waals surface area (Å²) in [5.41, 5.74) is -3.72. The number of carboxylic acid groups (broad SMARTS) is 1. The lowest BCUT2D eigenvalue weighted by Gasteiger charge is -2.54. The second-order valence-electron chi connectivity index (χ2n) is 9.20. The maximum Gasteiger partial charge on any atom is 0.370 e. The van der Waals surface area contributed by atoms with Gasteiger partial charge in [0, 0.05) is 12.3 Å². The van der Waals surface area contributed by atoms with Gasteiger partial charge in [-0.25, -0.2) is 4.79 Å². The molecule has 0 radical (unpaired) electrons. The van der Waals surface area contributed by atoms with Crippen LogP contribution in [-0.4, -0.2) is 98.9 Å². The van der Waals surface area contributed by atoms with Crippen LogP contribution in [0, 0.1) is 5.41 Å². The maximum atomic E-state index is 11.6. The van der Waals surface area contributed by atoms with Gasteiger partial charge in [-0.2, -0.15) is 0 Å². The molecule has 0 aromatic heterocycles. The first-order valence-electron chi connectivity index (χ1n) is 10.00. The van der Waals surface area contributed by atoms with E-state index in [1.807, 2.05) is 0 Å². The zero-order valence-electron chi connectivity index (χ0n) is 18.4. The Labute approximate surface area is 180 Å². The van der Waals surface area contributed by atoms with E-state index in [4.69, 9.17) is 19.3 Å². The lowest BCUT2D eigenvalue weighted by Crippen LogP contribution is -2.70. The summed E-state index contributed by atoms with van der Waals surface area (Å²) in [6, 6.07) is -0.795. The van der Waals surface area contributed by atoms with Crippen molar-refractivity contribution >= 4 is 11.9 Å². The summed E-state index contributed by atoms with van der Waals surface area (Å²) in [7, 11) is 0. The number of aliphatic carboxylic acids is 1. The Balaban J connectivity index is 2.19. The number of carbonyl (C=O) groups is 2. The monoisotopic (exact) mass is 447 g/mol. The zero-order chi connectivity index (χ0) is 23.8. The number of nitrogens with one attached hydrogen (secondary N) is 1. The molecule has 1 amide bonds. The topological polar surface area (TPSA) is 175 Å². The van der Waals surface area contributed by atoms with Gasteiger partial charge in [0.15, 0.2) is 5.60 Å². The van der Waals surface area contributed by atoms with E-state index < -0.39 is 65.4 Å². The number of carboxylic acids is 1. The molecular formula is C20H33NO10. The lowest BCUT2D eigenvalue weighted by atomic mass is 9.70. The predicted molar refractivity (Wildman–Crippen MR) is 106 cm³/mol. The van der Waals surface area contributed by atoms with Gasteiger partial charge < -0.3 is 45.1 Å². The minimum atomic E-state index is -1.58. The van der Waals surface area contributed by atoms with Crippen molar-refractivity contribution in [2.45, 2.75) is 76.3 Å². The molecule has 2 rings (SSSR count). The molecule has 2 aliphatic rings. The lowest BCUT2D eigenvalue weighted by molar-refractivity contribution is -0.257. The average Bonchev–Trinajstić information content (AvgIpc) is 2.66. The summed E-state index contributed by atoms with van der Waals surface area (Å²) < 4.78 is 17.0. The Bertz CT molecular complexity index is 725. The molecular weight excluding hydrogens is 414 g/mol. The van der Waals surface area contributed by atoms with Crippen LogP contribution in [0.25, 0.3) is 0 Å². The number of hydrogen-bond acceptors (Lipinski definition) is 9. The highest BCUT2D eigenvalue weighted by molar-refractivity contribution is 5.84. The van der Waals surface area contributed by atoms with Gasteiger partial charge in [-0.3, -0.25) is 4.79 Å². The van der Waals surface area contributed by atoms with E-state index in [1.165, 1.54) is 13.8 Å². The van der Waals surface area contributed by atoms with E-state index in [1.54, 1.807) is 20.8 Å². The second kappa shape index (κ2) is 9.00. The fourth-order valence-electron chi connectivity index (χ4n) is 4.08. The van der Waals surface area contributed by atoms with Gasteiger partial charge in [0.05, 0.1) is 43.7 Å². The molecule has 11 nitrogen and oxygen atoms in total. The largest absolute Gasteiger partial charge is 0.475 e. The highest BCUT2D eigenvalue weighted by Crippen LogP contribution is 2.42. The van der Waals surface area contributed by atoms with Gasteiger partial charge in [-0.1, -0.05) is 6.92 Å². The molecule has 3 unspecified atom stereocenters. The number of hydrogen-bond donors (Lipinski definition) is 6. The molecule has 0 aromatic rings. The van der Waals surface area contributed by atoms with E-state index in [2.05, 4.69) is 5.32 Å². The molecule has 0 spiro atoms. The van der Waals surface area contributed by atoms with Crippen molar-refractivity contribution in [3.63, 3.8) is 0 Å². The first kappa shape index (κ1) is 25.5. The average molecular weight is 447 g/mol. The quantitative estimate of drug-likeness (QED) is 0.270. The molecule has 1 fully saturated rings. The predicted octanol–water partition coefficient (Wildman–Crippen LogP) is -1.48. The molecule has 0 aliphatic carbocycles. The Morgan fingerprint density at radius 2 is 1.74 bits per heavy atom. The Kier molecular flexibility index (Phi) is 7.41. The Morgan fingerprint density at radius 1 is 1.13 bits per heavy atom. The van der Waals surface area contributed by atoms with E-state index >= 15 is 0 Å². The van der Waals surface area contributed by atoms with Crippen molar-refractivity contribution in [2.24, 2.45) is 5.41 Å². The minimum Gasteiger partial charge on any atom is -0.475 e. The van der Waals surface area contributed by atoms with Crippen molar-refractivity contribution in [1.82, 2.24) is 5.32 Å². The molecule has 0 aromatic carbocycles. The van der Waals surface area contributed by atoms with Crippen molar-refractivity contribution < 1.29 is 49.3 Å². The fraction of sp³-hybridized carbons (Fsp3) is 0.800. The number of rotatable bonds is 7. The smallest absolute Gasteiger partial charge is 0.370 e. The SMILES string of the molecule is CC(=O)NC1[C@H](O)[C@](C)(COC[C@@]2(C)OC(C(=O)O)=C[C@@H](O)C2O)C(CO)OC1(C)C. The summed E-state index contributed by atoms with van der Waals surface area (Å²) in [5.74, 6) is -2.28. The van der Waals surface area contributed by atoms with Crippen LogP contribution < -0.4 is 5.32 Å². The van der Waals surface area contributed by atoms with Crippen LogP contribution in [0.4, 0.5) is 0 Å². The summed E-state index contributed by atoms with van der Waals surface area (Å²) in [5, 5.41) is 53.1. The number of aliphatic hydroxyl groups excluding tert-OH is 4. The Morgan fingerprint density at radius 3 is 2.26 bits per heavy atom. The Hall–Kier alpha value is -1.76. The third-order valence-corrected chi connectivity index (χ3v) is 6.07. The van der Waals surface area contributed by atoms with Crippen LogP contribution in [0.3, 0.4) is 0 Å². The van der Waals surface area contributed by atoms with Crippen LogP contribution in [0.1, 0.15) is 34.6 Å².